The Morgan fingerprint density at radius 2 is 1.96 bits per heavy atom. The first kappa shape index (κ1) is 20.1. The van der Waals surface area contributed by atoms with Crippen molar-refractivity contribution in [2.75, 3.05) is 18.0 Å². The molecule has 0 aromatic carbocycles. The lowest BCUT2D eigenvalue weighted by Gasteiger charge is -2.44. The third-order valence-corrected chi connectivity index (χ3v) is 8.02. The number of piperidine rings is 1. The van der Waals surface area contributed by atoms with Crippen LogP contribution in [0.5, 0.6) is 0 Å². The Kier molecular flexibility index (Phi) is 5.46. The Balaban J connectivity index is 1.56. The number of anilines is 1. The Labute approximate surface area is 178 Å². The highest BCUT2D eigenvalue weighted by Crippen LogP contribution is 2.52. The van der Waals surface area contributed by atoms with Crippen molar-refractivity contribution in [2.24, 2.45) is 5.41 Å². The summed E-state index contributed by atoms with van der Waals surface area (Å²) in [7, 11) is 0. The summed E-state index contributed by atoms with van der Waals surface area (Å²) in [5.74, 6) is 0. The van der Waals surface area contributed by atoms with Crippen molar-refractivity contribution in [3.63, 3.8) is 0 Å². The fourth-order valence-electron chi connectivity index (χ4n) is 4.33. The van der Waals surface area contributed by atoms with Gasteiger partial charge in [-0.25, -0.2) is 4.98 Å². The Morgan fingerprint density at radius 3 is 2.61 bits per heavy atom. The molecule has 1 aliphatic heterocycles. The molecule has 28 heavy (non-hydrogen) atoms. The predicted octanol–water partition coefficient (Wildman–Crippen LogP) is 4.17. The van der Waals surface area contributed by atoms with Gasteiger partial charge in [0.15, 0.2) is 0 Å². The minimum absolute atomic E-state index is 0.0664. The zero-order valence-corrected chi connectivity index (χ0v) is 19.0. The summed E-state index contributed by atoms with van der Waals surface area (Å²) in [5, 5.41) is 0. The van der Waals surface area contributed by atoms with E-state index < -0.39 is 11.4 Å². The van der Waals surface area contributed by atoms with Crippen molar-refractivity contribution in [3.05, 3.63) is 52.5 Å². The molecule has 0 saturated carbocycles. The van der Waals surface area contributed by atoms with Crippen LogP contribution in [0.1, 0.15) is 50.9 Å². The molecular weight excluding hydrogens is 436 g/mol. The number of nitrogens with one attached hydrogen (secondary N) is 1. The van der Waals surface area contributed by atoms with Crippen LogP contribution in [0, 0.1) is 5.41 Å². The van der Waals surface area contributed by atoms with E-state index in [0.29, 0.717) is 0 Å². The molecule has 150 valence electrons. The molecule has 1 fully saturated rings. The van der Waals surface area contributed by atoms with Crippen LogP contribution < -0.4 is 9.62 Å². The smallest absolute Gasteiger partial charge is 0.136 e. The number of pyridine rings is 2. The highest BCUT2D eigenvalue weighted by Gasteiger charge is 2.51. The molecule has 1 saturated heterocycles. The average Bonchev–Trinajstić information content (AvgIpc) is 2.95. The number of nitrogens with zero attached hydrogens (tertiary/aromatic N) is 3. The summed E-state index contributed by atoms with van der Waals surface area (Å²) in [6, 6.07) is 8.34. The topological polar surface area (TPSA) is 64.1 Å². The minimum Gasteiger partial charge on any atom is -0.598 e. The van der Waals surface area contributed by atoms with Crippen molar-refractivity contribution in [1.29, 1.82) is 0 Å². The van der Waals surface area contributed by atoms with E-state index in [1.54, 1.807) is 0 Å². The number of hydrogen-bond donors (Lipinski definition) is 1. The lowest BCUT2D eigenvalue weighted by atomic mass is 9.73. The summed E-state index contributed by atoms with van der Waals surface area (Å²) in [4.78, 5) is 11.4. The van der Waals surface area contributed by atoms with Crippen molar-refractivity contribution in [3.8, 4) is 0 Å². The maximum atomic E-state index is 12.9. The summed E-state index contributed by atoms with van der Waals surface area (Å²) in [6.45, 7) is 8.00. The molecule has 1 unspecified atom stereocenters. The highest BCUT2D eigenvalue weighted by atomic mass is 79.9. The minimum atomic E-state index is -1.12. The van der Waals surface area contributed by atoms with Crippen LogP contribution in [-0.2, 0) is 17.8 Å². The van der Waals surface area contributed by atoms with Gasteiger partial charge >= 0.3 is 0 Å². The first-order valence-corrected chi connectivity index (χ1v) is 11.7. The standard InChI is InChI=1S/C21H27BrN4OS/c1-20(2,3)28(27)25-19-16-5-4-10-23-17(16)13-21(19)8-11-26(12-9-21)15-6-7-18(22)24-14-15/h4-7,10,14,19,25H,8-9,11-13H2,1-3H3/t19-,28?/m1/s1. The van der Waals surface area contributed by atoms with Gasteiger partial charge in [0.2, 0.25) is 0 Å². The molecule has 5 nitrogen and oxygen atoms in total. The van der Waals surface area contributed by atoms with E-state index in [-0.39, 0.29) is 16.2 Å². The van der Waals surface area contributed by atoms with Gasteiger partial charge in [0.05, 0.1) is 17.9 Å². The quantitative estimate of drug-likeness (QED) is 0.547. The van der Waals surface area contributed by atoms with Gasteiger partial charge in [0.1, 0.15) is 9.35 Å². The van der Waals surface area contributed by atoms with E-state index >= 15 is 0 Å². The van der Waals surface area contributed by atoms with Crippen LogP contribution in [-0.4, -0.2) is 32.4 Å². The number of aromatic nitrogens is 2. The van der Waals surface area contributed by atoms with E-state index in [0.717, 1.165) is 48.3 Å². The van der Waals surface area contributed by atoms with E-state index in [1.807, 2.05) is 45.3 Å². The predicted molar refractivity (Wildman–Crippen MR) is 118 cm³/mol. The second-order valence-corrected chi connectivity index (χ2v) is 11.6. The summed E-state index contributed by atoms with van der Waals surface area (Å²) >= 11 is 2.29. The molecule has 2 atom stereocenters. The van der Waals surface area contributed by atoms with Crippen molar-refractivity contribution < 1.29 is 4.55 Å². The third-order valence-electron chi connectivity index (χ3n) is 5.99. The normalized spacial score (nSPS) is 22.3. The molecule has 7 heteroatoms. The van der Waals surface area contributed by atoms with Crippen molar-refractivity contribution in [2.45, 2.75) is 50.8 Å². The molecule has 1 N–H and O–H groups in total. The molecule has 1 aliphatic carbocycles. The maximum absolute atomic E-state index is 12.9. The Hall–Kier alpha value is -1.15. The van der Waals surface area contributed by atoms with E-state index in [9.17, 15) is 4.55 Å². The van der Waals surface area contributed by atoms with Gasteiger partial charge in [-0.1, -0.05) is 6.07 Å². The van der Waals surface area contributed by atoms with Gasteiger partial charge < -0.3 is 9.45 Å². The van der Waals surface area contributed by atoms with E-state index in [2.05, 4.69) is 47.7 Å². The fraction of sp³-hybridized carbons (Fsp3) is 0.524. The van der Waals surface area contributed by atoms with Crippen molar-refractivity contribution >= 4 is 33.0 Å². The molecule has 2 aromatic rings. The number of hydrogen-bond acceptors (Lipinski definition) is 5. The summed E-state index contributed by atoms with van der Waals surface area (Å²) in [6.07, 6.45) is 6.83. The van der Waals surface area contributed by atoms with Crippen LogP contribution in [0.15, 0.2) is 41.3 Å². The first-order chi connectivity index (χ1) is 13.3. The molecule has 0 radical (unpaired) electrons. The summed E-state index contributed by atoms with van der Waals surface area (Å²) in [5.41, 5.74) is 3.61. The average molecular weight is 463 g/mol. The lowest BCUT2D eigenvalue weighted by Crippen LogP contribution is -2.49. The number of fused-ring (bicyclic) bond motifs is 1. The molecule has 2 aromatic heterocycles. The zero-order chi connectivity index (χ0) is 19.9. The second kappa shape index (κ2) is 7.59. The second-order valence-electron chi connectivity index (χ2n) is 8.84. The van der Waals surface area contributed by atoms with Crippen LogP contribution in [0.25, 0.3) is 0 Å². The summed E-state index contributed by atoms with van der Waals surface area (Å²) < 4.78 is 17.0. The van der Waals surface area contributed by atoms with Gasteiger partial charge in [-0.05, 0) is 79.7 Å². The molecule has 0 bridgehead atoms. The molecule has 1 spiro atoms. The fourth-order valence-corrected chi connectivity index (χ4v) is 5.51. The Morgan fingerprint density at radius 1 is 1.21 bits per heavy atom. The van der Waals surface area contributed by atoms with Crippen LogP contribution in [0.2, 0.25) is 0 Å². The molecule has 0 amide bonds. The van der Waals surface area contributed by atoms with Crippen LogP contribution in [0.3, 0.4) is 0 Å². The molecular formula is C21H27BrN4OS. The third kappa shape index (κ3) is 3.82. The first-order valence-electron chi connectivity index (χ1n) is 9.77. The molecule has 2 aliphatic rings. The number of halogens is 1. The zero-order valence-electron chi connectivity index (χ0n) is 16.6. The highest BCUT2D eigenvalue weighted by molar-refractivity contribution is 9.10. The van der Waals surface area contributed by atoms with Gasteiger partial charge in [0.25, 0.3) is 0 Å². The van der Waals surface area contributed by atoms with Gasteiger partial charge in [-0.2, -0.15) is 0 Å². The van der Waals surface area contributed by atoms with Crippen LogP contribution >= 0.6 is 15.9 Å². The van der Waals surface area contributed by atoms with Gasteiger partial charge in [-0.15, -0.1) is 4.72 Å². The SMILES string of the molecule is CC(C)(C)[S+]([O-])N[C@@H]1c2cccnc2CC12CCN(c1ccc(Br)nc1)CC2. The number of rotatable bonds is 3. The van der Waals surface area contributed by atoms with E-state index in [4.69, 9.17) is 0 Å². The van der Waals surface area contributed by atoms with Crippen LogP contribution in [0.4, 0.5) is 5.69 Å². The molecule has 4 rings (SSSR count). The van der Waals surface area contributed by atoms with Crippen molar-refractivity contribution in [1.82, 2.24) is 14.7 Å². The monoisotopic (exact) mass is 462 g/mol. The maximum Gasteiger partial charge on any atom is 0.136 e. The lowest BCUT2D eigenvalue weighted by molar-refractivity contribution is 0.175. The largest absolute Gasteiger partial charge is 0.598 e. The van der Waals surface area contributed by atoms with E-state index in [1.165, 1.54) is 5.56 Å². The Bertz CT molecular complexity index is 831. The van der Waals surface area contributed by atoms with Gasteiger partial charge in [-0.3, -0.25) is 4.98 Å². The molecule has 3 heterocycles. The van der Waals surface area contributed by atoms with Gasteiger partial charge in [0, 0.05) is 41.8 Å².